The Hall–Kier alpha value is -1.63. The number of carboxylic acid groups (broad SMARTS) is 1. The van der Waals surface area contributed by atoms with Crippen molar-refractivity contribution < 1.29 is 24.2 Å². The average Bonchev–Trinajstić information content (AvgIpc) is 2.45. The molecule has 116 valence electrons. The van der Waals surface area contributed by atoms with E-state index in [-0.39, 0.29) is 25.3 Å². The van der Waals surface area contributed by atoms with Gasteiger partial charge in [-0.2, -0.15) is 0 Å². The molecule has 4 N–H and O–H groups in total. The summed E-state index contributed by atoms with van der Waals surface area (Å²) < 4.78 is 4.45. The Morgan fingerprint density at radius 2 is 1.85 bits per heavy atom. The quantitative estimate of drug-likeness (QED) is 0.524. The van der Waals surface area contributed by atoms with Crippen molar-refractivity contribution in [3.05, 3.63) is 0 Å². The number of carbonyl (C=O) groups excluding carboxylic acids is 2. The zero-order valence-electron chi connectivity index (χ0n) is 12.3. The molecule has 1 atom stereocenters. The highest BCUT2D eigenvalue weighted by Gasteiger charge is 2.35. The van der Waals surface area contributed by atoms with Crippen LogP contribution in [0.25, 0.3) is 0 Å². The Morgan fingerprint density at radius 3 is 2.20 bits per heavy atom. The van der Waals surface area contributed by atoms with Crippen LogP contribution in [-0.2, 0) is 19.1 Å². The lowest BCUT2D eigenvalue weighted by Gasteiger charge is -2.30. The van der Waals surface area contributed by atoms with E-state index in [1.165, 1.54) is 7.11 Å². The molecule has 0 fully saturated rings. The fraction of sp³-hybridized carbons (Fsp3) is 0.769. The van der Waals surface area contributed by atoms with Crippen molar-refractivity contribution in [1.29, 1.82) is 0 Å². The molecule has 0 unspecified atom stereocenters. The van der Waals surface area contributed by atoms with Crippen LogP contribution >= 0.6 is 0 Å². The number of esters is 1. The number of aliphatic carboxylic acids is 1. The van der Waals surface area contributed by atoms with Crippen molar-refractivity contribution in [3.63, 3.8) is 0 Å². The van der Waals surface area contributed by atoms with E-state index in [1.807, 2.05) is 13.8 Å². The maximum Gasteiger partial charge on any atom is 0.326 e. The van der Waals surface area contributed by atoms with Crippen molar-refractivity contribution >= 4 is 17.8 Å². The Balaban J connectivity index is 4.78. The summed E-state index contributed by atoms with van der Waals surface area (Å²) in [4.78, 5) is 34.4. The van der Waals surface area contributed by atoms with Crippen LogP contribution in [0, 0.1) is 5.41 Å². The lowest BCUT2D eigenvalue weighted by atomic mass is 9.81. The van der Waals surface area contributed by atoms with Crippen LogP contribution in [-0.4, -0.2) is 42.6 Å². The molecule has 0 spiro atoms. The maximum atomic E-state index is 12.2. The van der Waals surface area contributed by atoms with Gasteiger partial charge in [-0.15, -0.1) is 0 Å². The standard InChI is InChI=1S/C13H24N2O5/c1-4-13(5-2,8-14)12(19)15-9(11(17)18)6-7-10(16)20-3/h9H,4-8,14H2,1-3H3,(H,15,19)(H,17,18)/t9-/m1/s1. The van der Waals surface area contributed by atoms with Gasteiger partial charge in [0.2, 0.25) is 5.91 Å². The molecule has 0 radical (unpaired) electrons. The van der Waals surface area contributed by atoms with Gasteiger partial charge >= 0.3 is 11.9 Å². The van der Waals surface area contributed by atoms with Crippen molar-refractivity contribution in [2.45, 2.75) is 45.6 Å². The second kappa shape index (κ2) is 8.52. The van der Waals surface area contributed by atoms with E-state index in [1.54, 1.807) is 0 Å². The summed E-state index contributed by atoms with van der Waals surface area (Å²) in [6.45, 7) is 3.81. The van der Waals surface area contributed by atoms with Crippen LogP contribution in [0.4, 0.5) is 0 Å². The number of nitrogens with one attached hydrogen (secondary N) is 1. The summed E-state index contributed by atoms with van der Waals surface area (Å²) in [5, 5.41) is 11.6. The molecule has 0 aromatic carbocycles. The fourth-order valence-electron chi connectivity index (χ4n) is 1.89. The topological polar surface area (TPSA) is 119 Å². The van der Waals surface area contributed by atoms with Crippen molar-refractivity contribution in [2.75, 3.05) is 13.7 Å². The van der Waals surface area contributed by atoms with E-state index in [0.29, 0.717) is 12.8 Å². The molecule has 7 heteroatoms. The Bertz CT molecular complexity index is 344. The molecule has 0 aromatic heterocycles. The highest BCUT2D eigenvalue weighted by Crippen LogP contribution is 2.25. The molecule has 0 aromatic rings. The third-order valence-corrected chi connectivity index (χ3v) is 3.69. The minimum atomic E-state index is -1.18. The first-order valence-electron chi connectivity index (χ1n) is 6.67. The third kappa shape index (κ3) is 4.80. The monoisotopic (exact) mass is 288 g/mol. The van der Waals surface area contributed by atoms with Crippen LogP contribution < -0.4 is 11.1 Å². The number of rotatable bonds is 9. The Labute approximate surface area is 118 Å². The number of methoxy groups -OCH3 is 1. The lowest BCUT2D eigenvalue weighted by Crippen LogP contribution is -2.51. The van der Waals surface area contributed by atoms with Crippen LogP contribution in [0.3, 0.4) is 0 Å². The fourth-order valence-corrected chi connectivity index (χ4v) is 1.89. The number of amides is 1. The largest absolute Gasteiger partial charge is 0.480 e. The van der Waals surface area contributed by atoms with Crippen LogP contribution in [0.1, 0.15) is 39.5 Å². The number of ether oxygens (including phenoxy) is 1. The van der Waals surface area contributed by atoms with Gasteiger partial charge in [0, 0.05) is 13.0 Å². The molecule has 0 saturated heterocycles. The summed E-state index contributed by atoms with van der Waals surface area (Å²) in [5.41, 5.74) is 4.88. The first-order valence-corrected chi connectivity index (χ1v) is 6.67. The predicted octanol–water partition coefficient (Wildman–Crippen LogP) is 0.274. The van der Waals surface area contributed by atoms with Gasteiger partial charge in [0.25, 0.3) is 0 Å². The van der Waals surface area contributed by atoms with Gasteiger partial charge in [-0.1, -0.05) is 13.8 Å². The number of hydrogen-bond donors (Lipinski definition) is 3. The summed E-state index contributed by atoms with van der Waals surface area (Å²) in [5.74, 6) is -2.08. The molecular formula is C13H24N2O5. The average molecular weight is 288 g/mol. The predicted molar refractivity (Wildman–Crippen MR) is 72.9 cm³/mol. The Kier molecular flexibility index (Phi) is 7.83. The molecule has 1 amide bonds. The smallest absolute Gasteiger partial charge is 0.326 e. The van der Waals surface area contributed by atoms with Crippen LogP contribution in [0.5, 0.6) is 0 Å². The molecule has 0 aliphatic carbocycles. The number of carboxylic acids is 1. The molecule has 0 heterocycles. The van der Waals surface area contributed by atoms with Gasteiger partial charge in [0.05, 0.1) is 12.5 Å². The van der Waals surface area contributed by atoms with Crippen LogP contribution in [0.15, 0.2) is 0 Å². The minimum absolute atomic E-state index is 0.0121. The van der Waals surface area contributed by atoms with Crippen molar-refractivity contribution in [2.24, 2.45) is 11.1 Å². The van der Waals surface area contributed by atoms with Gasteiger partial charge in [-0.3, -0.25) is 9.59 Å². The van der Waals surface area contributed by atoms with Gasteiger partial charge in [0.15, 0.2) is 0 Å². The van der Waals surface area contributed by atoms with E-state index >= 15 is 0 Å². The number of hydrogen-bond acceptors (Lipinski definition) is 5. The van der Waals surface area contributed by atoms with E-state index in [2.05, 4.69) is 10.1 Å². The first kappa shape index (κ1) is 18.4. The van der Waals surface area contributed by atoms with E-state index in [4.69, 9.17) is 10.8 Å². The second-order valence-corrected chi connectivity index (χ2v) is 4.67. The summed E-state index contributed by atoms with van der Waals surface area (Å²) >= 11 is 0. The highest BCUT2D eigenvalue weighted by atomic mass is 16.5. The van der Waals surface area contributed by atoms with Gasteiger partial charge < -0.3 is 20.9 Å². The van der Waals surface area contributed by atoms with Gasteiger partial charge in [0.1, 0.15) is 6.04 Å². The molecule has 7 nitrogen and oxygen atoms in total. The number of nitrogens with two attached hydrogens (primary N) is 1. The van der Waals surface area contributed by atoms with Crippen LogP contribution in [0.2, 0.25) is 0 Å². The lowest BCUT2D eigenvalue weighted by molar-refractivity contribution is -0.145. The molecule has 0 aliphatic rings. The third-order valence-electron chi connectivity index (χ3n) is 3.69. The molecule has 0 bridgehead atoms. The van der Waals surface area contributed by atoms with Crippen molar-refractivity contribution in [3.8, 4) is 0 Å². The zero-order valence-corrected chi connectivity index (χ0v) is 12.3. The maximum absolute atomic E-state index is 12.2. The molecule has 0 saturated carbocycles. The SMILES string of the molecule is CCC(CC)(CN)C(=O)N[C@H](CCC(=O)OC)C(=O)O. The summed E-state index contributed by atoms with van der Waals surface area (Å²) in [6.07, 6.45) is 0.966. The van der Waals surface area contributed by atoms with Crippen molar-refractivity contribution in [1.82, 2.24) is 5.32 Å². The van der Waals surface area contributed by atoms with Gasteiger partial charge in [-0.05, 0) is 19.3 Å². The van der Waals surface area contributed by atoms with E-state index in [9.17, 15) is 14.4 Å². The molecule has 0 rings (SSSR count). The Morgan fingerprint density at radius 1 is 1.30 bits per heavy atom. The zero-order chi connectivity index (χ0) is 15.8. The molecular weight excluding hydrogens is 264 g/mol. The minimum Gasteiger partial charge on any atom is -0.480 e. The second-order valence-electron chi connectivity index (χ2n) is 4.67. The summed E-state index contributed by atoms with van der Waals surface area (Å²) in [6, 6.07) is -1.12. The highest BCUT2D eigenvalue weighted by molar-refractivity contribution is 5.87. The van der Waals surface area contributed by atoms with Gasteiger partial charge in [-0.25, -0.2) is 4.79 Å². The normalized spacial score (nSPS) is 12.6. The first-order chi connectivity index (χ1) is 9.36. The van der Waals surface area contributed by atoms with E-state index < -0.39 is 23.4 Å². The number of carbonyl (C=O) groups is 3. The van der Waals surface area contributed by atoms with E-state index in [0.717, 1.165) is 0 Å². The summed E-state index contributed by atoms with van der Waals surface area (Å²) in [7, 11) is 1.23. The molecule has 0 aliphatic heterocycles. The molecule has 20 heavy (non-hydrogen) atoms.